The fourth-order valence-electron chi connectivity index (χ4n) is 5.95. The molecule has 1 saturated carbocycles. The third-order valence-corrected chi connectivity index (χ3v) is 7.77. The number of ketones is 2. The first-order valence-electron chi connectivity index (χ1n) is 13.0. The molecule has 0 bridgehead atoms. The number of piperidine rings is 1. The molecule has 2 fully saturated rings. The van der Waals surface area contributed by atoms with Crippen LogP contribution >= 0.6 is 0 Å². The molecular weight excluding hydrogens is 454 g/mol. The van der Waals surface area contributed by atoms with Gasteiger partial charge in [0.05, 0.1) is 5.56 Å². The number of amides is 1. The van der Waals surface area contributed by atoms with Gasteiger partial charge in [-0.2, -0.15) is 0 Å². The molecule has 5 atom stereocenters. The normalized spacial score (nSPS) is 26.1. The van der Waals surface area contributed by atoms with Gasteiger partial charge in [-0.25, -0.2) is 4.79 Å². The largest absolute Gasteiger partial charge is 0.489 e. The van der Waals surface area contributed by atoms with E-state index in [1.54, 1.807) is 11.0 Å². The van der Waals surface area contributed by atoms with Crippen molar-refractivity contribution in [2.45, 2.75) is 65.1 Å². The summed E-state index contributed by atoms with van der Waals surface area (Å²) in [5.41, 5.74) is 2.61. The Kier molecular flexibility index (Phi) is 6.17. The van der Waals surface area contributed by atoms with E-state index in [4.69, 9.17) is 9.47 Å². The number of rotatable bonds is 6. The average Bonchev–Trinajstić information content (AvgIpc) is 3.15. The third-order valence-electron chi connectivity index (χ3n) is 7.77. The number of carbonyl (C=O) groups excluding carboxylic acids is 3. The summed E-state index contributed by atoms with van der Waals surface area (Å²) in [5.74, 6) is 1.59. The number of ether oxygens (including phenoxy) is 2. The van der Waals surface area contributed by atoms with Gasteiger partial charge in [0.25, 0.3) is 0 Å². The smallest absolute Gasteiger partial charge is 0.410 e. The van der Waals surface area contributed by atoms with E-state index in [0.29, 0.717) is 54.6 Å². The minimum atomic E-state index is -0.515. The molecule has 6 heteroatoms. The van der Waals surface area contributed by atoms with Crippen LogP contribution in [0.15, 0.2) is 42.5 Å². The summed E-state index contributed by atoms with van der Waals surface area (Å²) < 4.78 is 11.7. The molecule has 6 nitrogen and oxygen atoms in total. The number of hydrogen-bond acceptors (Lipinski definition) is 5. The molecule has 190 valence electrons. The summed E-state index contributed by atoms with van der Waals surface area (Å²) in [6.07, 6.45) is 0.382. The summed E-state index contributed by atoms with van der Waals surface area (Å²) in [7, 11) is 0. The molecule has 2 heterocycles. The Morgan fingerprint density at radius 1 is 1.03 bits per heavy atom. The topological polar surface area (TPSA) is 72.9 Å². The summed E-state index contributed by atoms with van der Waals surface area (Å²) >= 11 is 0. The van der Waals surface area contributed by atoms with E-state index in [9.17, 15) is 14.4 Å². The first-order chi connectivity index (χ1) is 17.1. The minimum Gasteiger partial charge on any atom is -0.489 e. The lowest BCUT2D eigenvalue weighted by Gasteiger charge is -2.25. The third kappa shape index (κ3) is 4.54. The molecule has 36 heavy (non-hydrogen) atoms. The molecule has 0 N–H and O–H groups in total. The van der Waals surface area contributed by atoms with Crippen LogP contribution in [0.4, 0.5) is 4.79 Å². The van der Waals surface area contributed by atoms with Gasteiger partial charge in [0, 0.05) is 43.0 Å². The molecule has 1 amide bonds. The number of Topliss-reactive ketones (excluding diaryl/α,β-unsaturated/α-hetero) is 2. The van der Waals surface area contributed by atoms with Crippen molar-refractivity contribution < 1.29 is 23.9 Å². The number of nitrogens with zero attached hydrogens (tertiary/aromatic N) is 1. The molecule has 0 aromatic heterocycles. The van der Waals surface area contributed by atoms with Crippen LogP contribution in [0.1, 0.15) is 85.2 Å². The zero-order valence-electron chi connectivity index (χ0n) is 21.7. The molecule has 2 aromatic carbocycles. The van der Waals surface area contributed by atoms with Crippen molar-refractivity contribution >= 4 is 17.7 Å². The van der Waals surface area contributed by atoms with E-state index in [0.717, 1.165) is 11.1 Å². The summed E-state index contributed by atoms with van der Waals surface area (Å²) in [6.45, 7) is 10.7. The van der Waals surface area contributed by atoms with E-state index in [1.807, 2.05) is 58.9 Å². The molecule has 0 radical (unpaired) electrons. The van der Waals surface area contributed by atoms with E-state index >= 15 is 0 Å². The van der Waals surface area contributed by atoms with Crippen molar-refractivity contribution in [2.24, 2.45) is 17.8 Å². The van der Waals surface area contributed by atoms with E-state index in [-0.39, 0.29) is 35.6 Å². The molecule has 1 saturated heterocycles. The molecule has 3 aliphatic rings. The van der Waals surface area contributed by atoms with Gasteiger partial charge in [-0.3, -0.25) is 9.59 Å². The van der Waals surface area contributed by atoms with Gasteiger partial charge in [0.2, 0.25) is 0 Å². The molecular formula is C30H35NO5. The maximum atomic E-state index is 13.5. The van der Waals surface area contributed by atoms with E-state index in [2.05, 4.69) is 12.1 Å². The van der Waals surface area contributed by atoms with E-state index in [1.165, 1.54) is 0 Å². The monoisotopic (exact) mass is 489 g/mol. The lowest BCUT2D eigenvalue weighted by atomic mass is 9.85. The van der Waals surface area contributed by atoms with Crippen LogP contribution in [-0.4, -0.2) is 47.4 Å². The molecule has 2 aromatic rings. The van der Waals surface area contributed by atoms with Gasteiger partial charge in [0.1, 0.15) is 17.5 Å². The number of carbonyl (C=O) groups is 3. The lowest BCUT2D eigenvalue weighted by molar-refractivity contribution is 0.0265. The van der Waals surface area contributed by atoms with Crippen LogP contribution in [0.25, 0.3) is 0 Å². The van der Waals surface area contributed by atoms with Crippen LogP contribution in [0.2, 0.25) is 0 Å². The summed E-state index contributed by atoms with van der Waals surface area (Å²) in [5, 5.41) is 0. The Labute approximate surface area is 213 Å². The molecule has 1 unspecified atom stereocenters. The Morgan fingerprint density at radius 3 is 2.31 bits per heavy atom. The SMILES string of the molecule is CCC(=O)c1cc(C(=O)CC2[C@H]3CN(C(=O)OC(C)(C)C)C[C@@H]23)cc2c1O[C@H](C)[C@H]2c1ccccc1. The van der Waals surface area contributed by atoms with Crippen molar-refractivity contribution in [1.29, 1.82) is 0 Å². The maximum absolute atomic E-state index is 13.5. The van der Waals surface area contributed by atoms with Crippen molar-refractivity contribution in [1.82, 2.24) is 4.90 Å². The first-order valence-corrected chi connectivity index (χ1v) is 13.0. The van der Waals surface area contributed by atoms with E-state index < -0.39 is 5.60 Å². The Morgan fingerprint density at radius 2 is 1.69 bits per heavy atom. The second-order valence-corrected chi connectivity index (χ2v) is 11.4. The molecule has 5 rings (SSSR count). The Balaban J connectivity index is 1.34. The highest BCUT2D eigenvalue weighted by Crippen LogP contribution is 2.54. The van der Waals surface area contributed by atoms with Crippen LogP contribution in [0, 0.1) is 17.8 Å². The minimum absolute atomic E-state index is 0.0156. The second-order valence-electron chi connectivity index (χ2n) is 11.4. The fraction of sp³-hybridized carbons (Fsp3) is 0.500. The first kappa shape index (κ1) is 24.5. The number of benzene rings is 2. The van der Waals surface area contributed by atoms with Gasteiger partial charge < -0.3 is 14.4 Å². The van der Waals surface area contributed by atoms with Crippen molar-refractivity contribution in [3.8, 4) is 5.75 Å². The molecule has 0 spiro atoms. The van der Waals surface area contributed by atoms with Crippen LogP contribution < -0.4 is 4.74 Å². The standard InChI is InChI=1S/C30H35NO5/c1-6-25(32)21-12-19(13-22-27(17(2)35-28(21)22)18-10-8-7-9-11-18)26(33)14-20-23-15-31(16-24(20)23)29(34)36-30(3,4)5/h7-13,17,20,23-24,27H,6,14-16H2,1-5H3/t17-,20?,23-,24+,27+/m1/s1. The van der Waals surface area contributed by atoms with Crippen molar-refractivity contribution in [3.63, 3.8) is 0 Å². The summed E-state index contributed by atoms with van der Waals surface area (Å²) in [4.78, 5) is 40.5. The van der Waals surface area contributed by atoms with Crippen molar-refractivity contribution in [2.75, 3.05) is 13.1 Å². The van der Waals surface area contributed by atoms with Crippen LogP contribution in [-0.2, 0) is 4.74 Å². The van der Waals surface area contributed by atoms with Gasteiger partial charge in [-0.15, -0.1) is 0 Å². The predicted octanol–water partition coefficient (Wildman–Crippen LogP) is 5.88. The van der Waals surface area contributed by atoms with Crippen molar-refractivity contribution in [3.05, 3.63) is 64.7 Å². The van der Waals surface area contributed by atoms with Gasteiger partial charge in [-0.05, 0) is 63.1 Å². The maximum Gasteiger partial charge on any atom is 0.410 e. The molecule has 2 aliphatic heterocycles. The Bertz CT molecular complexity index is 1190. The van der Waals surface area contributed by atoms with Crippen LogP contribution in [0.3, 0.4) is 0 Å². The number of hydrogen-bond donors (Lipinski definition) is 0. The zero-order chi connectivity index (χ0) is 25.8. The highest BCUT2D eigenvalue weighted by atomic mass is 16.6. The number of fused-ring (bicyclic) bond motifs is 2. The van der Waals surface area contributed by atoms with Crippen LogP contribution in [0.5, 0.6) is 5.75 Å². The summed E-state index contributed by atoms with van der Waals surface area (Å²) in [6, 6.07) is 13.8. The van der Waals surface area contributed by atoms with Gasteiger partial charge >= 0.3 is 6.09 Å². The van der Waals surface area contributed by atoms with Gasteiger partial charge in [-0.1, -0.05) is 37.3 Å². The quantitative estimate of drug-likeness (QED) is 0.474. The highest BCUT2D eigenvalue weighted by molar-refractivity contribution is 6.04. The Hall–Kier alpha value is -3.15. The average molecular weight is 490 g/mol. The lowest BCUT2D eigenvalue weighted by Crippen LogP contribution is -2.37. The second kappa shape index (κ2) is 9.06. The zero-order valence-corrected chi connectivity index (χ0v) is 21.7. The highest BCUT2D eigenvalue weighted by Gasteiger charge is 2.57. The predicted molar refractivity (Wildman–Crippen MR) is 137 cm³/mol. The number of likely N-dealkylation sites (tertiary alicyclic amines) is 1. The van der Waals surface area contributed by atoms with Gasteiger partial charge in [0.15, 0.2) is 11.6 Å². The molecule has 1 aliphatic carbocycles. The fourth-order valence-corrected chi connectivity index (χ4v) is 5.95.